The summed E-state index contributed by atoms with van der Waals surface area (Å²) in [6.45, 7) is 1.45. The number of carbonyl (C=O) groups excluding carboxylic acids is 1. The molecule has 0 bridgehead atoms. The van der Waals surface area contributed by atoms with Crippen LogP contribution in [0.1, 0.15) is 23.2 Å². The molecule has 3 rings (SSSR count). The van der Waals surface area contributed by atoms with E-state index in [1.54, 1.807) is 18.2 Å². The Kier molecular flexibility index (Phi) is 3.81. The van der Waals surface area contributed by atoms with Crippen molar-refractivity contribution in [2.45, 2.75) is 12.8 Å². The SMILES string of the molecule is O=C(CN1CCC(C(=O)O)CC1)c1ccc2[nH]c(=O)oc2c1. The van der Waals surface area contributed by atoms with Gasteiger partial charge in [0, 0.05) is 5.56 Å². The van der Waals surface area contributed by atoms with Crippen LogP contribution < -0.4 is 5.76 Å². The molecular formula is C15H16N2O5. The molecule has 1 aromatic carbocycles. The number of oxazole rings is 1. The molecule has 116 valence electrons. The number of carboxylic acids is 1. The molecule has 7 nitrogen and oxygen atoms in total. The molecule has 22 heavy (non-hydrogen) atoms. The number of likely N-dealkylation sites (tertiary alicyclic amines) is 1. The van der Waals surface area contributed by atoms with E-state index in [-0.39, 0.29) is 18.2 Å². The Morgan fingerprint density at radius 3 is 2.73 bits per heavy atom. The van der Waals surface area contributed by atoms with Crippen LogP contribution in [0.4, 0.5) is 0 Å². The Morgan fingerprint density at radius 1 is 1.32 bits per heavy atom. The van der Waals surface area contributed by atoms with Crippen LogP contribution in [0.3, 0.4) is 0 Å². The lowest BCUT2D eigenvalue weighted by molar-refractivity contribution is -0.143. The molecule has 2 heterocycles. The molecule has 1 fully saturated rings. The summed E-state index contributed by atoms with van der Waals surface area (Å²) in [7, 11) is 0. The number of hydrogen-bond acceptors (Lipinski definition) is 5. The van der Waals surface area contributed by atoms with Crippen LogP contribution in [0.15, 0.2) is 27.4 Å². The van der Waals surface area contributed by atoms with Gasteiger partial charge in [0.05, 0.1) is 18.0 Å². The Balaban J connectivity index is 1.66. The fourth-order valence-corrected chi connectivity index (χ4v) is 2.75. The van der Waals surface area contributed by atoms with Gasteiger partial charge >= 0.3 is 11.7 Å². The summed E-state index contributed by atoms with van der Waals surface area (Å²) in [5.41, 5.74) is 1.40. The third-order valence-corrected chi connectivity index (χ3v) is 4.05. The first kappa shape index (κ1) is 14.5. The molecule has 7 heteroatoms. The maximum absolute atomic E-state index is 12.3. The molecule has 1 aromatic heterocycles. The molecule has 0 amide bonds. The molecule has 0 saturated carbocycles. The minimum absolute atomic E-state index is 0.0699. The van der Waals surface area contributed by atoms with E-state index in [1.807, 2.05) is 4.90 Å². The van der Waals surface area contributed by atoms with Gasteiger partial charge in [-0.3, -0.25) is 19.5 Å². The number of nitrogens with one attached hydrogen (secondary N) is 1. The standard InChI is InChI=1S/C15H16N2O5/c18-12(8-17-5-3-9(4-6-17)14(19)20)10-1-2-11-13(7-10)22-15(21)16-11/h1-2,7,9H,3-6,8H2,(H,16,21)(H,19,20). The number of Topliss-reactive ketones (excluding diaryl/α,β-unsaturated/α-hetero) is 1. The van der Waals surface area contributed by atoms with Crippen LogP contribution in [0.2, 0.25) is 0 Å². The van der Waals surface area contributed by atoms with Crippen molar-refractivity contribution in [2.24, 2.45) is 5.92 Å². The van der Waals surface area contributed by atoms with Crippen LogP contribution in [0.25, 0.3) is 11.1 Å². The zero-order valence-electron chi connectivity index (χ0n) is 11.9. The first-order chi connectivity index (χ1) is 10.5. The summed E-state index contributed by atoms with van der Waals surface area (Å²) < 4.78 is 4.95. The van der Waals surface area contributed by atoms with Crippen molar-refractivity contribution in [3.63, 3.8) is 0 Å². The summed E-state index contributed by atoms with van der Waals surface area (Å²) >= 11 is 0. The number of fused-ring (bicyclic) bond motifs is 1. The number of carboxylic acid groups (broad SMARTS) is 1. The molecular weight excluding hydrogens is 288 g/mol. The van der Waals surface area contributed by atoms with Crippen molar-refractivity contribution in [3.05, 3.63) is 34.3 Å². The topological polar surface area (TPSA) is 104 Å². The van der Waals surface area contributed by atoms with Gasteiger partial charge in [0.2, 0.25) is 0 Å². The number of carbonyl (C=O) groups is 2. The Bertz CT molecular complexity index is 768. The van der Waals surface area contributed by atoms with Crippen LogP contribution >= 0.6 is 0 Å². The number of aliphatic carboxylic acids is 1. The zero-order valence-corrected chi connectivity index (χ0v) is 11.9. The zero-order chi connectivity index (χ0) is 15.7. The lowest BCUT2D eigenvalue weighted by atomic mass is 9.97. The molecule has 0 radical (unpaired) electrons. The van der Waals surface area contributed by atoms with Gasteiger partial charge in [-0.1, -0.05) is 0 Å². The van der Waals surface area contributed by atoms with Crippen molar-refractivity contribution in [1.82, 2.24) is 9.88 Å². The van der Waals surface area contributed by atoms with E-state index in [4.69, 9.17) is 9.52 Å². The average molecular weight is 304 g/mol. The Morgan fingerprint density at radius 2 is 2.05 bits per heavy atom. The van der Waals surface area contributed by atoms with E-state index in [0.717, 1.165) is 0 Å². The van der Waals surface area contributed by atoms with E-state index in [0.29, 0.717) is 42.6 Å². The molecule has 0 unspecified atom stereocenters. The van der Waals surface area contributed by atoms with Crippen molar-refractivity contribution < 1.29 is 19.1 Å². The molecule has 2 aromatic rings. The molecule has 0 atom stereocenters. The largest absolute Gasteiger partial charge is 0.481 e. The van der Waals surface area contributed by atoms with Crippen LogP contribution in [0.5, 0.6) is 0 Å². The first-order valence-electron chi connectivity index (χ1n) is 7.14. The number of H-pyrrole nitrogens is 1. The number of piperidine rings is 1. The second-order valence-electron chi connectivity index (χ2n) is 5.54. The second kappa shape index (κ2) is 5.76. The smallest absolute Gasteiger partial charge is 0.417 e. The quantitative estimate of drug-likeness (QED) is 0.820. The average Bonchev–Trinajstić information content (AvgIpc) is 2.86. The fraction of sp³-hybridized carbons (Fsp3) is 0.400. The molecule has 0 aliphatic carbocycles. The van der Waals surface area contributed by atoms with Crippen molar-refractivity contribution in [2.75, 3.05) is 19.6 Å². The summed E-state index contributed by atoms with van der Waals surface area (Å²) in [6.07, 6.45) is 1.13. The minimum atomic E-state index is -0.765. The van der Waals surface area contributed by atoms with Gasteiger partial charge in [0.25, 0.3) is 0 Å². The van der Waals surface area contributed by atoms with Gasteiger partial charge in [-0.25, -0.2) is 4.79 Å². The molecule has 1 aliphatic rings. The molecule has 1 saturated heterocycles. The second-order valence-corrected chi connectivity index (χ2v) is 5.54. The van der Waals surface area contributed by atoms with E-state index < -0.39 is 11.7 Å². The lowest BCUT2D eigenvalue weighted by Crippen LogP contribution is -2.39. The predicted octanol–water partition coefficient (Wildman–Crippen LogP) is 1.10. The third kappa shape index (κ3) is 2.94. The van der Waals surface area contributed by atoms with Gasteiger partial charge in [-0.2, -0.15) is 0 Å². The summed E-state index contributed by atoms with van der Waals surface area (Å²) in [6, 6.07) is 4.85. The highest BCUT2D eigenvalue weighted by Crippen LogP contribution is 2.18. The van der Waals surface area contributed by atoms with E-state index in [1.165, 1.54) is 0 Å². The van der Waals surface area contributed by atoms with Crippen LogP contribution in [-0.4, -0.2) is 46.4 Å². The first-order valence-corrected chi connectivity index (χ1v) is 7.14. The Hall–Kier alpha value is -2.41. The molecule has 1 aliphatic heterocycles. The number of hydrogen-bond donors (Lipinski definition) is 2. The number of benzene rings is 1. The van der Waals surface area contributed by atoms with Gasteiger partial charge in [-0.15, -0.1) is 0 Å². The summed E-state index contributed by atoms with van der Waals surface area (Å²) in [5.74, 6) is -1.69. The number of ketones is 1. The maximum atomic E-state index is 12.3. The summed E-state index contributed by atoms with van der Waals surface area (Å²) in [4.78, 5) is 38.8. The number of aromatic amines is 1. The molecule has 0 spiro atoms. The number of aromatic nitrogens is 1. The maximum Gasteiger partial charge on any atom is 0.417 e. The van der Waals surface area contributed by atoms with E-state index in [2.05, 4.69) is 4.98 Å². The van der Waals surface area contributed by atoms with Gasteiger partial charge < -0.3 is 9.52 Å². The fourth-order valence-electron chi connectivity index (χ4n) is 2.75. The number of nitrogens with zero attached hydrogens (tertiary/aromatic N) is 1. The van der Waals surface area contributed by atoms with Crippen molar-refractivity contribution in [1.29, 1.82) is 0 Å². The molecule has 2 N–H and O–H groups in total. The highest BCUT2D eigenvalue weighted by Gasteiger charge is 2.25. The Labute approximate surface area is 125 Å². The monoisotopic (exact) mass is 304 g/mol. The third-order valence-electron chi connectivity index (χ3n) is 4.05. The highest BCUT2D eigenvalue weighted by atomic mass is 16.4. The minimum Gasteiger partial charge on any atom is -0.481 e. The highest BCUT2D eigenvalue weighted by molar-refractivity contribution is 5.99. The van der Waals surface area contributed by atoms with Crippen LogP contribution in [0, 0.1) is 5.92 Å². The number of rotatable bonds is 4. The predicted molar refractivity (Wildman–Crippen MR) is 78.0 cm³/mol. The van der Waals surface area contributed by atoms with Gasteiger partial charge in [0.15, 0.2) is 11.4 Å². The lowest BCUT2D eigenvalue weighted by Gasteiger charge is -2.29. The van der Waals surface area contributed by atoms with Crippen LogP contribution in [-0.2, 0) is 4.79 Å². The van der Waals surface area contributed by atoms with Crippen molar-refractivity contribution in [3.8, 4) is 0 Å². The van der Waals surface area contributed by atoms with E-state index >= 15 is 0 Å². The summed E-state index contributed by atoms with van der Waals surface area (Å²) in [5, 5.41) is 8.96. The van der Waals surface area contributed by atoms with E-state index in [9.17, 15) is 14.4 Å². The normalized spacial score (nSPS) is 16.9. The van der Waals surface area contributed by atoms with Gasteiger partial charge in [0.1, 0.15) is 0 Å². The van der Waals surface area contributed by atoms with Crippen molar-refractivity contribution >= 4 is 22.9 Å². The van der Waals surface area contributed by atoms with Gasteiger partial charge in [-0.05, 0) is 44.1 Å².